The zero-order chi connectivity index (χ0) is 21.1. The van der Waals surface area contributed by atoms with E-state index < -0.39 is 12.0 Å². The Morgan fingerprint density at radius 3 is 2.40 bits per heavy atom. The molecule has 0 amide bonds. The number of benzene rings is 3. The maximum Gasteiger partial charge on any atom is 0.136 e. The highest BCUT2D eigenvalue weighted by molar-refractivity contribution is 5.80. The first-order valence-electron chi connectivity index (χ1n) is 9.54. The van der Waals surface area contributed by atoms with Gasteiger partial charge in [-0.2, -0.15) is 0 Å². The molecule has 0 saturated carbocycles. The molecular weight excluding hydrogens is 378 g/mol. The third-order valence-corrected chi connectivity index (χ3v) is 4.88. The maximum absolute atomic E-state index is 11.9. The molecule has 0 aliphatic carbocycles. The smallest absolute Gasteiger partial charge is 0.136 e. The van der Waals surface area contributed by atoms with Crippen LogP contribution in [0.2, 0.25) is 0 Å². The van der Waals surface area contributed by atoms with E-state index in [0.717, 1.165) is 22.3 Å². The van der Waals surface area contributed by atoms with E-state index in [4.69, 9.17) is 9.15 Å². The van der Waals surface area contributed by atoms with Crippen LogP contribution < -0.4 is 15.2 Å². The van der Waals surface area contributed by atoms with Crippen molar-refractivity contribution in [1.29, 1.82) is 0 Å². The Hall–Kier alpha value is -3.86. The second-order valence-electron chi connectivity index (χ2n) is 6.99. The maximum atomic E-state index is 11.9. The fourth-order valence-electron chi connectivity index (χ4n) is 3.32. The first-order valence-corrected chi connectivity index (χ1v) is 9.54. The summed E-state index contributed by atoms with van der Waals surface area (Å²) < 4.78 is 11.3. The SMILES string of the molecule is COc1ccc(-c2cc(=NC(C(=O)[O-])c3ccccc3)c3cc(C)ccc3o2)cc1. The number of ether oxygens (including phenoxy) is 1. The first-order chi connectivity index (χ1) is 14.5. The van der Waals surface area contributed by atoms with Gasteiger partial charge in [0.1, 0.15) is 23.1 Å². The summed E-state index contributed by atoms with van der Waals surface area (Å²) in [5.41, 5.74) is 3.04. The van der Waals surface area contributed by atoms with Gasteiger partial charge in [-0.1, -0.05) is 42.0 Å². The van der Waals surface area contributed by atoms with Crippen LogP contribution in [0, 0.1) is 6.92 Å². The second kappa shape index (κ2) is 8.25. The number of carbonyl (C=O) groups is 1. The van der Waals surface area contributed by atoms with Crippen LogP contribution in [0.15, 0.2) is 88.3 Å². The lowest BCUT2D eigenvalue weighted by atomic mass is 10.1. The first kappa shape index (κ1) is 19.5. The number of rotatable bonds is 5. The van der Waals surface area contributed by atoms with E-state index in [0.29, 0.717) is 22.3 Å². The molecule has 0 bridgehead atoms. The number of nitrogens with zero attached hydrogens (tertiary/aromatic N) is 1. The van der Waals surface area contributed by atoms with E-state index in [1.807, 2.05) is 55.5 Å². The molecule has 150 valence electrons. The van der Waals surface area contributed by atoms with Gasteiger partial charge >= 0.3 is 0 Å². The number of hydrogen-bond acceptors (Lipinski definition) is 5. The number of fused-ring (bicyclic) bond motifs is 1. The van der Waals surface area contributed by atoms with Crippen molar-refractivity contribution in [3.05, 3.63) is 95.3 Å². The Balaban J connectivity index is 1.95. The highest BCUT2D eigenvalue weighted by Gasteiger charge is 2.13. The molecule has 0 saturated heterocycles. The van der Waals surface area contributed by atoms with Crippen molar-refractivity contribution in [2.24, 2.45) is 4.99 Å². The number of methoxy groups -OCH3 is 1. The largest absolute Gasteiger partial charge is 0.547 e. The lowest BCUT2D eigenvalue weighted by Crippen LogP contribution is -2.30. The van der Waals surface area contributed by atoms with E-state index in [9.17, 15) is 9.90 Å². The standard InChI is InChI=1S/C25H21NO4/c1-16-8-13-22-20(14-16)21(26-24(25(27)28)18-6-4-3-5-7-18)15-23(30-22)17-9-11-19(29-2)12-10-17/h3-15,24H,1-2H3,(H,27,28)/p-1. The number of carboxylic acids is 1. The van der Waals surface area contributed by atoms with E-state index in [-0.39, 0.29) is 0 Å². The summed E-state index contributed by atoms with van der Waals surface area (Å²) in [6.45, 7) is 1.97. The summed E-state index contributed by atoms with van der Waals surface area (Å²) in [7, 11) is 1.61. The minimum Gasteiger partial charge on any atom is -0.547 e. The predicted octanol–water partition coefficient (Wildman–Crippen LogP) is 3.81. The Kier molecular flexibility index (Phi) is 5.35. The van der Waals surface area contributed by atoms with Crippen molar-refractivity contribution in [2.75, 3.05) is 7.11 Å². The lowest BCUT2D eigenvalue weighted by Gasteiger charge is -2.14. The van der Waals surface area contributed by atoms with Crippen molar-refractivity contribution in [1.82, 2.24) is 0 Å². The molecule has 5 nitrogen and oxygen atoms in total. The molecule has 4 rings (SSSR count). The van der Waals surface area contributed by atoms with Crippen LogP contribution >= 0.6 is 0 Å². The third kappa shape index (κ3) is 3.96. The summed E-state index contributed by atoms with van der Waals surface area (Å²) in [5.74, 6) is 0.0628. The molecule has 0 aliphatic heterocycles. The predicted molar refractivity (Wildman–Crippen MR) is 113 cm³/mol. The van der Waals surface area contributed by atoms with Gasteiger partial charge in [-0.05, 0) is 48.9 Å². The topological polar surface area (TPSA) is 74.9 Å². The molecule has 1 unspecified atom stereocenters. The summed E-state index contributed by atoms with van der Waals surface area (Å²) >= 11 is 0. The van der Waals surface area contributed by atoms with Crippen LogP contribution in [-0.4, -0.2) is 13.1 Å². The van der Waals surface area contributed by atoms with E-state index in [1.54, 1.807) is 37.4 Å². The van der Waals surface area contributed by atoms with E-state index in [1.165, 1.54) is 0 Å². The molecule has 0 N–H and O–H groups in total. The molecule has 1 heterocycles. The molecule has 30 heavy (non-hydrogen) atoms. The number of carboxylic acid groups (broad SMARTS) is 1. The molecule has 4 aromatic rings. The summed E-state index contributed by atoms with van der Waals surface area (Å²) in [6.07, 6.45) is 0. The highest BCUT2D eigenvalue weighted by Crippen LogP contribution is 2.25. The highest BCUT2D eigenvalue weighted by atomic mass is 16.5. The van der Waals surface area contributed by atoms with Crippen molar-refractivity contribution in [2.45, 2.75) is 13.0 Å². The second-order valence-corrected chi connectivity index (χ2v) is 6.99. The van der Waals surface area contributed by atoms with Crippen LogP contribution in [0.1, 0.15) is 17.2 Å². The van der Waals surface area contributed by atoms with Crippen molar-refractivity contribution >= 4 is 16.9 Å². The molecule has 0 spiro atoms. The normalized spacial score (nSPS) is 12.7. The molecule has 1 aromatic heterocycles. The Morgan fingerprint density at radius 1 is 1.00 bits per heavy atom. The van der Waals surface area contributed by atoms with Gasteiger partial charge in [0, 0.05) is 17.0 Å². The van der Waals surface area contributed by atoms with Crippen molar-refractivity contribution < 1.29 is 19.1 Å². The van der Waals surface area contributed by atoms with E-state index >= 15 is 0 Å². The minimum atomic E-state index is -1.26. The quantitative estimate of drug-likeness (QED) is 0.512. The molecular formula is C25H20NO4-. The Morgan fingerprint density at radius 2 is 1.73 bits per heavy atom. The summed E-state index contributed by atoms with van der Waals surface area (Å²) in [5, 5.41) is 13.2. The Labute approximate surface area is 173 Å². The molecule has 3 aromatic carbocycles. The van der Waals surface area contributed by atoms with Gasteiger partial charge in [-0.15, -0.1) is 0 Å². The van der Waals surface area contributed by atoms with Gasteiger partial charge < -0.3 is 19.1 Å². The van der Waals surface area contributed by atoms with Crippen molar-refractivity contribution in [3.8, 4) is 17.1 Å². The average Bonchev–Trinajstić information content (AvgIpc) is 2.77. The monoisotopic (exact) mass is 398 g/mol. The molecule has 0 aliphatic rings. The fourth-order valence-corrected chi connectivity index (χ4v) is 3.32. The fraction of sp³-hybridized carbons (Fsp3) is 0.120. The van der Waals surface area contributed by atoms with Crippen LogP contribution in [0.3, 0.4) is 0 Å². The number of aliphatic carboxylic acids is 1. The van der Waals surface area contributed by atoms with Crippen molar-refractivity contribution in [3.63, 3.8) is 0 Å². The zero-order valence-corrected chi connectivity index (χ0v) is 16.7. The van der Waals surface area contributed by atoms with Crippen LogP contribution in [0.25, 0.3) is 22.3 Å². The minimum absolute atomic E-state index is 0.531. The van der Waals surface area contributed by atoms with Gasteiger partial charge in [0.2, 0.25) is 0 Å². The summed E-state index contributed by atoms with van der Waals surface area (Å²) in [4.78, 5) is 16.5. The van der Waals surface area contributed by atoms with Crippen LogP contribution in [0.4, 0.5) is 0 Å². The summed E-state index contributed by atoms with van der Waals surface area (Å²) in [6, 6.07) is 22.7. The Bertz CT molecular complexity index is 1260. The zero-order valence-electron chi connectivity index (χ0n) is 16.7. The van der Waals surface area contributed by atoms with Gasteiger partial charge in [-0.3, -0.25) is 4.99 Å². The van der Waals surface area contributed by atoms with Crippen LogP contribution in [0.5, 0.6) is 5.75 Å². The average molecular weight is 398 g/mol. The van der Waals surface area contributed by atoms with Gasteiger partial charge in [0.25, 0.3) is 0 Å². The van der Waals surface area contributed by atoms with Crippen LogP contribution in [-0.2, 0) is 4.79 Å². The van der Waals surface area contributed by atoms with E-state index in [2.05, 4.69) is 4.99 Å². The lowest BCUT2D eigenvalue weighted by molar-refractivity contribution is -0.307. The molecule has 5 heteroatoms. The van der Waals surface area contributed by atoms with Gasteiger partial charge in [-0.25, -0.2) is 0 Å². The van der Waals surface area contributed by atoms with Gasteiger partial charge in [0.15, 0.2) is 0 Å². The number of aryl methyl sites for hydroxylation is 1. The molecule has 0 radical (unpaired) electrons. The molecule has 1 atom stereocenters. The number of carbonyl (C=O) groups excluding carboxylic acids is 1. The third-order valence-electron chi connectivity index (χ3n) is 4.88. The molecule has 0 fully saturated rings. The number of hydrogen-bond donors (Lipinski definition) is 0. The van der Waals surface area contributed by atoms with Gasteiger partial charge in [0.05, 0.1) is 18.4 Å².